The predicted octanol–water partition coefficient (Wildman–Crippen LogP) is 5.24. The molecule has 1 aliphatic heterocycles. The van der Waals surface area contributed by atoms with Gasteiger partial charge in [0.05, 0.1) is 22.0 Å². The highest BCUT2D eigenvalue weighted by Crippen LogP contribution is 2.26. The predicted molar refractivity (Wildman–Crippen MR) is 125 cm³/mol. The van der Waals surface area contributed by atoms with Gasteiger partial charge in [-0.05, 0) is 66.9 Å². The zero-order valence-corrected chi connectivity index (χ0v) is 18.0. The van der Waals surface area contributed by atoms with Crippen molar-refractivity contribution >= 4 is 22.4 Å². The molecule has 0 bridgehead atoms. The number of nitrogens with zero attached hydrogens (tertiary/aromatic N) is 3. The molecule has 8 heteroatoms. The highest BCUT2D eigenvalue weighted by Gasteiger charge is 2.20. The Balaban J connectivity index is 1.41. The molecule has 1 unspecified atom stereocenters. The van der Waals surface area contributed by atoms with Crippen LogP contribution in [0, 0.1) is 15.9 Å². The molecule has 1 saturated heterocycles. The summed E-state index contributed by atoms with van der Waals surface area (Å²) in [4.78, 5) is 20.9. The summed E-state index contributed by atoms with van der Waals surface area (Å²) in [6.45, 7) is 2.14. The van der Waals surface area contributed by atoms with Gasteiger partial charge in [-0.25, -0.2) is 9.37 Å². The molecule has 33 heavy (non-hydrogen) atoms. The van der Waals surface area contributed by atoms with Crippen molar-refractivity contribution < 1.29 is 9.31 Å². The van der Waals surface area contributed by atoms with Crippen LogP contribution < -0.4 is 10.2 Å². The van der Waals surface area contributed by atoms with E-state index in [1.165, 1.54) is 24.3 Å². The molecule has 0 amide bonds. The molecule has 3 aromatic carbocycles. The lowest BCUT2D eigenvalue weighted by molar-refractivity contribution is -0.384. The third-order valence-corrected chi connectivity index (χ3v) is 6.04. The van der Waals surface area contributed by atoms with Crippen LogP contribution in [0.4, 0.5) is 15.8 Å². The van der Waals surface area contributed by atoms with E-state index in [0.717, 1.165) is 53.1 Å². The van der Waals surface area contributed by atoms with E-state index in [9.17, 15) is 14.5 Å². The highest BCUT2D eigenvalue weighted by atomic mass is 19.1. The number of hydrogen-bond acceptors (Lipinski definition) is 5. The number of aromatic nitrogens is 2. The monoisotopic (exact) mass is 445 g/mol. The van der Waals surface area contributed by atoms with E-state index < -0.39 is 4.92 Å². The SMILES string of the molecule is O=[N+]([O-])c1ccc(CN(Cc2ccc3nc(C4CCCN4)[nH]c3c2)c2ccc(F)cc2)cc1. The van der Waals surface area contributed by atoms with Crippen LogP contribution in [-0.4, -0.2) is 21.4 Å². The van der Waals surface area contributed by atoms with E-state index in [1.54, 1.807) is 24.3 Å². The average molecular weight is 445 g/mol. The minimum absolute atomic E-state index is 0.0596. The first-order chi connectivity index (χ1) is 16.0. The summed E-state index contributed by atoms with van der Waals surface area (Å²) in [6.07, 6.45) is 2.24. The van der Waals surface area contributed by atoms with Crippen LogP contribution in [0.15, 0.2) is 66.7 Å². The fraction of sp³-hybridized carbons (Fsp3) is 0.240. The number of nitro groups is 1. The summed E-state index contributed by atoms with van der Waals surface area (Å²) in [5.74, 6) is 0.682. The van der Waals surface area contributed by atoms with E-state index in [4.69, 9.17) is 4.98 Å². The number of benzene rings is 3. The first kappa shape index (κ1) is 21.1. The Morgan fingerprint density at radius 1 is 1.03 bits per heavy atom. The zero-order valence-electron chi connectivity index (χ0n) is 18.0. The third kappa shape index (κ3) is 4.70. The van der Waals surface area contributed by atoms with Crippen molar-refractivity contribution in [1.29, 1.82) is 0 Å². The van der Waals surface area contributed by atoms with Crippen LogP contribution in [-0.2, 0) is 13.1 Å². The number of H-pyrrole nitrogens is 1. The maximum atomic E-state index is 13.5. The summed E-state index contributed by atoms with van der Waals surface area (Å²) >= 11 is 0. The summed E-state index contributed by atoms with van der Waals surface area (Å²) in [5, 5.41) is 14.4. The van der Waals surface area contributed by atoms with Gasteiger partial charge < -0.3 is 15.2 Å². The number of fused-ring (bicyclic) bond motifs is 1. The standard InChI is InChI=1S/C25H24FN5O2/c26-19-6-10-20(11-7-19)30(15-17-3-8-21(9-4-17)31(32)33)16-18-5-12-22-24(14-18)29-25(28-22)23-2-1-13-27-23/h3-12,14,23,27H,1-2,13,15-16H2,(H,28,29). The Bertz CT molecular complexity index is 1260. The van der Waals surface area contributed by atoms with Gasteiger partial charge in [-0.15, -0.1) is 0 Å². The van der Waals surface area contributed by atoms with Crippen LogP contribution in [0.2, 0.25) is 0 Å². The second-order valence-electron chi connectivity index (χ2n) is 8.38. The number of nitro benzene ring substituents is 1. The largest absolute Gasteiger partial charge is 0.363 e. The van der Waals surface area contributed by atoms with Gasteiger partial charge in [0.2, 0.25) is 0 Å². The minimum atomic E-state index is -0.406. The second kappa shape index (κ2) is 8.99. The Labute approximate surface area is 190 Å². The van der Waals surface area contributed by atoms with E-state index in [2.05, 4.69) is 27.3 Å². The molecule has 5 rings (SSSR count). The summed E-state index contributed by atoms with van der Waals surface area (Å²) in [7, 11) is 0. The first-order valence-corrected chi connectivity index (χ1v) is 11.0. The number of hydrogen-bond donors (Lipinski definition) is 2. The van der Waals surface area contributed by atoms with Crippen molar-refractivity contribution in [1.82, 2.24) is 15.3 Å². The van der Waals surface area contributed by atoms with Crippen molar-refractivity contribution in [3.8, 4) is 0 Å². The third-order valence-electron chi connectivity index (χ3n) is 6.04. The number of non-ortho nitro benzene ring substituents is 1. The molecule has 0 saturated carbocycles. The number of nitrogens with one attached hydrogen (secondary N) is 2. The lowest BCUT2D eigenvalue weighted by atomic mass is 10.1. The molecule has 1 aliphatic rings. The molecule has 2 heterocycles. The Morgan fingerprint density at radius 2 is 1.76 bits per heavy atom. The lowest BCUT2D eigenvalue weighted by Gasteiger charge is -2.25. The molecule has 168 valence electrons. The van der Waals surface area contributed by atoms with E-state index >= 15 is 0 Å². The summed E-state index contributed by atoms with van der Waals surface area (Å²) in [5.41, 5.74) is 4.88. The molecule has 0 aliphatic carbocycles. The Hall–Kier alpha value is -3.78. The van der Waals surface area contributed by atoms with E-state index in [-0.39, 0.29) is 17.5 Å². The van der Waals surface area contributed by atoms with Gasteiger partial charge in [-0.2, -0.15) is 0 Å². The number of aromatic amines is 1. The molecule has 2 N–H and O–H groups in total. The van der Waals surface area contributed by atoms with Crippen molar-refractivity contribution in [3.63, 3.8) is 0 Å². The van der Waals surface area contributed by atoms with E-state index in [1.807, 2.05) is 6.07 Å². The van der Waals surface area contributed by atoms with Crippen LogP contribution >= 0.6 is 0 Å². The van der Waals surface area contributed by atoms with Crippen molar-refractivity contribution in [3.05, 3.63) is 99.6 Å². The molecule has 0 radical (unpaired) electrons. The van der Waals surface area contributed by atoms with Gasteiger partial charge >= 0.3 is 0 Å². The maximum Gasteiger partial charge on any atom is 0.269 e. The molecule has 1 atom stereocenters. The van der Waals surface area contributed by atoms with Crippen LogP contribution in [0.5, 0.6) is 0 Å². The topological polar surface area (TPSA) is 87.1 Å². The number of halogens is 1. The van der Waals surface area contributed by atoms with Crippen LogP contribution in [0.25, 0.3) is 11.0 Å². The molecule has 7 nitrogen and oxygen atoms in total. The second-order valence-corrected chi connectivity index (χ2v) is 8.38. The van der Waals surface area contributed by atoms with Crippen molar-refractivity contribution in [2.24, 2.45) is 0 Å². The normalized spacial score (nSPS) is 15.7. The van der Waals surface area contributed by atoms with Crippen molar-refractivity contribution in [2.75, 3.05) is 11.4 Å². The Morgan fingerprint density at radius 3 is 2.45 bits per heavy atom. The van der Waals surface area contributed by atoms with Crippen LogP contribution in [0.1, 0.15) is 35.8 Å². The molecule has 4 aromatic rings. The number of imidazole rings is 1. The number of anilines is 1. The summed E-state index contributed by atoms with van der Waals surface area (Å²) in [6, 6.07) is 19.4. The van der Waals surface area contributed by atoms with Gasteiger partial charge in [-0.3, -0.25) is 10.1 Å². The molecule has 1 fully saturated rings. The smallest absolute Gasteiger partial charge is 0.269 e. The van der Waals surface area contributed by atoms with Gasteiger partial charge in [0.1, 0.15) is 11.6 Å². The average Bonchev–Trinajstić information content (AvgIpc) is 3.49. The lowest BCUT2D eigenvalue weighted by Crippen LogP contribution is -2.22. The fourth-order valence-corrected chi connectivity index (χ4v) is 4.31. The zero-order chi connectivity index (χ0) is 22.8. The first-order valence-electron chi connectivity index (χ1n) is 11.0. The highest BCUT2D eigenvalue weighted by molar-refractivity contribution is 5.76. The Kier molecular flexibility index (Phi) is 5.75. The quantitative estimate of drug-likeness (QED) is 0.300. The van der Waals surface area contributed by atoms with Gasteiger partial charge in [0.15, 0.2) is 0 Å². The molecule has 0 spiro atoms. The fourth-order valence-electron chi connectivity index (χ4n) is 4.31. The number of rotatable bonds is 7. The van der Waals surface area contributed by atoms with Crippen molar-refractivity contribution in [2.45, 2.75) is 32.0 Å². The van der Waals surface area contributed by atoms with E-state index in [0.29, 0.717) is 13.1 Å². The van der Waals surface area contributed by atoms with Crippen LogP contribution in [0.3, 0.4) is 0 Å². The van der Waals surface area contributed by atoms with Gasteiger partial charge in [0.25, 0.3) is 5.69 Å². The van der Waals surface area contributed by atoms with Gasteiger partial charge in [-0.1, -0.05) is 18.2 Å². The molecular weight excluding hydrogens is 421 g/mol. The van der Waals surface area contributed by atoms with Gasteiger partial charge in [0, 0.05) is 30.9 Å². The summed E-state index contributed by atoms with van der Waals surface area (Å²) < 4.78 is 13.5. The molecular formula is C25H24FN5O2. The maximum absolute atomic E-state index is 13.5. The minimum Gasteiger partial charge on any atom is -0.363 e. The molecule has 1 aromatic heterocycles.